The molecule has 1 fully saturated rings. The molecule has 4 nitrogen and oxygen atoms in total. The van der Waals surface area contributed by atoms with Crippen molar-refractivity contribution in [1.82, 2.24) is 9.80 Å². The predicted octanol–water partition coefficient (Wildman–Crippen LogP) is 0.435. The molecule has 1 unspecified atom stereocenters. The molecule has 0 saturated carbocycles. The molecule has 5 heteroatoms. The average Bonchev–Trinajstić information content (AvgIpc) is 2.42. The molecule has 1 atom stereocenters. The van der Waals surface area contributed by atoms with Gasteiger partial charge in [-0.25, -0.2) is 4.39 Å². The minimum Gasteiger partial charge on any atom is -0.395 e. The maximum atomic E-state index is 13.3. The Kier molecular flexibility index (Phi) is 5.27. The molecule has 1 aromatic rings. The van der Waals surface area contributed by atoms with E-state index in [9.17, 15) is 4.39 Å². The molecule has 106 valence electrons. The number of rotatable bonds is 5. The monoisotopic (exact) mass is 267 g/mol. The van der Waals surface area contributed by atoms with Gasteiger partial charge < -0.3 is 10.8 Å². The molecular weight excluding hydrogens is 245 g/mol. The lowest BCUT2D eigenvalue weighted by molar-refractivity contribution is 0.0856. The fourth-order valence-corrected chi connectivity index (χ4v) is 2.65. The molecule has 1 heterocycles. The summed E-state index contributed by atoms with van der Waals surface area (Å²) in [6.45, 7) is 5.06. The van der Waals surface area contributed by atoms with Crippen LogP contribution in [0.2, 0.25) is 0 Å². The highest BCUT2D eigenvalue weighted by Crippen LogP contribution is 2.21. The number of benzene rings is 1. The molecule has 1 saturated heterocycles. The fourth-order valence-electron chi connectivity index (χ4n) is 2.65. The summed E-state index contributed by atoms with van der Waals surface area (Å²) in [5.74, 6) is -0.213. The van der Waals surface area contributed by atoms with E-state index in [-0.39, 0.29) is 18.5 Å². The van der Waals surface area contributed by atoms with Crippen molar-refractivity contribution in [3.63, 3.8) is 0 Å². The first-order chi connectivity index (χ1) is 9.24. The molecule has 0 radical (unpaired) electrons. The molecule has 19 heavy (non-hydrogen) atoms. The van der Waals surface area contributed by atoms with Crippen LogP contribution >= 0.6 is 0 Å². The number of piperazine rings is 1. The molecule has 0 aliphatic carbocycles. The second-order valence-electron chi connectivity index (χ2n) is 4.91. The molecule has 0 amide bonds. The normalized spacial score (nSPS) is 19.5. The smallest absolute Gasteiger partial charge is 0.123 e. The zero-order valence-electron chi connectivity index (χ0n) is 11.1. The van der Waals surface area contributed by atoms with E-state index in [1.54, 1.807) is 12.1 Å². The van der Waals surface area contributed by atoms with Gasteiger partial charge in [0.2, 0.25) is 0 Å². The first kappa shape index (κ1) is 14.4. The second-order valence-corrected chi connectivity index (χ2v) is 4.91. The Morgan fingerprint density at radius 1 is 1.26 bits per heavy atom. The van der Waals surface area contributed by atoms with Gasteiger partial charge in [-0.2, -0.15) is 0 Å². The lowest BCUT2D eigenvalue weighted by Crippen LogP contribution is -2.49. The summed E-state index contributed by atoms with van der Waals surface area (Å²) in [6, 6.07) is 6.76. The summed E-state index contributed by atoms with van der Waals surface area (Å²) < 4.78 is 13.3. The molecule has 2 rings (SSSR count). The summed E-state index contributed by atoms with van der Waals surface area (Å²) in [5.41, 5.74) is 6.80. The van der Waals surface area contributed by atoms with Crippen LogP contribution in [-0.4, -0.2) is 60.8 Å². The minimum absolute atomic E-state index is 0.0759. The van der Waals surface area contributed by atoms with E-state index in [4.69, 9.17) is 10.8 Å². The van der Waals surface area contributed by atoms with Gasteiger partial charge in [0.05, 0.1) is 6.61 Å². The SMILES string of the molecule is NCC(c1cccc(F)c1)N1CCN(CCO)CC1. The molecule has 1 aliphatic heterocycles. The third kappa shape index (κ3) is 3.73. The highest BCUT2D eigenvalue weighted by Gasteiger charge is 2.23. The Labute approximate surface area is 113 Å². The highest BCUT2D eigenvalue weighted by atomic mass is 19.1. The molecular formula is C14H22FN3O. The van der Waals surface area contributed by atoms with Crippen LogP contribution < -0.4 is 5.73 Å². The summed E-state index contributed by atoms with van der Waals surface area (Å²) in [6.07, 6.45) is 0. The zero-order valence-corrected chi connectivity index (χ0v) is 11.1. The van der Waals surface area contributed by atoms with E-state index in [1.165, 1.54) is 6.07 Å². The Morgan fingerprint density at radius 2 is 2.00 bits per heavy atom. The van der Waals surface area contributed by atoms with Crippen molar-refractivity contribution >= 4 is 0 Å². The molecule has 1 aliphatic rings. The maximum Gasteiger partial charge on any atom is 0.123 e. The van der Waals surface area contributed by atoms with Crippen LogP contribution in [0.4, 0.5) is 4.39 Å². The van der Waals surface area contributed by atoms with E-state index in [1.807, 2.05) is 6.07 Å². The number of aliphatic hydroxyl groups is 1. The first-order valence-corrected chi connectivity index (χ1v) is 6.77. The Balaban J connectivity index is 1.99. The topological polar surface area (TPSA) is 52.7 Å². The summed E-state index contributed by atoms with van der Waals surface area (Å²) >= 11 is 0. The number of hydrogen-bond acceptors (Lipinski definition) is 4. The summed E-state index contributed by atoms with van der Waals surface area (Å²) in [4.78, 5) is 4.53. The van der Waals surface area contributed by atoms with Crippen molar-refractivity contribution in [2.24, 2.45) is 5.73 Å². The van der Waals surface area contributed by atoms with Crippen LogP contribution in [0, 0.1) is 5.82 Å². The van der Waals surface area contributed by atoms with Crippen LogP contribution in [0.3, 0.4) is 0 Å². The Bertz CT molecular complexity index is 394. The summed E-state index contributed by atoms with van der Waals surface area (Å²) in [7, 11) is 0. The standard InChI is InChI=1S/C14H22FN3O/c15-13-3-1-2-12(10-13)14(11-16)18-6-4-17(5-7-18)8-9-19/h1-3,10,14,19H,4-9,11,16H2. The van der Waals surface area contributed by atoms with Gasteiger partial charge in [0.1, 0.15) is 5.82 Å². The van der Waals surface area contributed by atoms with Gasteiger partial charge >= 0.3 is 0 Å². The molecule has 0 spiro atoms. The lowest BCUT2D eigenvalue weighted by atomic mass is 10.0. The minimum atomic E-state index is -0.213. The second kappa shape index (κ2) is 6.96. The quantitative estimate of drug-likeness (QED) is 0.812. The van der Waals surface area contributed by atoms with Crippen molar-refractivity contribution in [2.75, 3.05) is 45.9 Å². The average molecular weight is 267 g/mol. The van der Waals surface area contributed by atoms with Crippen LogP contribution in [0.5, 0.6) is 0 Å². The fraction of sp³-hybridized carbons (Fsp3) is 0.571. The highest BCUT2D eigenvalue weighted by molar-refractivity contribution is 5.20. The number of halogens is 1. The van der Waals surface area contributed by atoms with Crippen LogP contribution in [0.15, 0.2) is 24.3 Å². The van der Waals surface area contributed by atoms with Crippen LogP contribution in [-0.2, 0) is 0 Å². The largest absolute Gasteiger partial charge is 0.395 e. The van der Waals surface area contributed by atoms with Gasteiger partial charge in [0.15, 0.2) is 0 Å². The number of nitrogens with two attached hydrogens (primary N) is 1. The van der Waals surface area contributed by atoms with Gasteiger partial charge in [-0.05, 0) is 17.7 Å². The van der Waals surface area contributed by atoms with Gasteiger partial charge in [-0.3, -0.25) is 9.80 Å². The maximum absolute atomic E-state index is 13.3. The Hall–Kier alpha value is -1.01. The number of hydrogen-bond donors (Lipinski definition) is 2. The number of aliphatic hydroxyl groups excluding tert-OH is 1. The number of β-amino-alcohol motifs (C(OH)–C–C–N with tert-alkyl or cyclic N) is 1. The van der Waals surface area contributed by atoms with Crippen molar-refractivity contribution < 1.29 is 9.50 Å². The third-order valence-corrected chi connectivity index (χ3v) is 3.72. The van der Waals surface area contributed by atoms with E-state index in [0.717, 1.165) is 38.3 Å². The first-order valence-electron chi connectivity index (χ1n) is 6.77. The number of nitrogens with zero attached hydrogens (tertiary/aromatic N) is 2. The van der Waals surface area contributed by atoms with Crippen molar-refractivity contribution in [3.05, 3.63) is 35.6 Å². The molecule has 0 bridgehead atoms. The van der Waals surface area contributed by atoms with Gasteiger partial charge in [-0.1, -0.05) is 12.1 Å². The van der Waals surface area contributed by atoms with E-state index >= 15 is 0 Å². The molecule has 1 aromatic carbocycles. The van der Waals surface area contributed by atoms with E-state index < -0.39 is 0 Å². The Morgan fingerprint density at radius 3 is 2.58 bits per heavy atom. The lowest BCUT2D eigenvalue weighted by Gasteiger charge is -2.39. The van der Waals surface area contributed by atoms with Crippen molar-refractivity contribution in [2.45, 2.75) is 6.04 Å². The van der Waals surface area contributed by atoms with Gasteiger partial charge in [0, 0.05) is 45.3 Å². The van der Waals surface area contributed by atoms with E-state index in [0.29, 0.717) is 6.54 Å². The van der Waals surface area contributed by atoms with Gasteiger partial charge in [-0.15, -0.1) is 0 Å². The van der Waals surface area contributed by atoms with Gasteiger partial charge in [0.25, 0.3) is 0 Å². The molecule has 0 aromatic heterocycles. The third-order valence-electron chi connectivity index (χ3n) is 3.72. The van der Waals surface area contributed by atoms with Crippen molar-refractivity contribution in [3.8, 4) is 0 Å². The van der Waals surface area contributed by atoms with Crippen LogP contribution in [0.25, 0.3) is 0 Å². The van der Waals surface area contributed by atoms with Crippen molar-refractivity contribution in [1.29, 1.82) is 0 Å². The predicted molar refractivity (Wildman–Crippen MR) is 73.3 cm³/mol. The zero-order chi connectivity index (χ0) is 13.7. The molecule has 3 N–H and O–H groups in total. The summed E-state index contributed by atoms with van der Waals surface area (Å²) in [5, 5.41) is 8.93. The van der Waals surface area contributed by atoms with E-state index in [2.05, 4.69) is 9.80 Å². The van der Waals surface area contributed by atoms with Crippen LogP contribution in [0.1, 0.15) is 11.6 Å².